The lowest BCUT2D eigenvalue weighted by Gasteiger charge is -2.35. The van der Waals surface area contributed by atoms with E-state index in [9.17, 15) is 19.2 Å². The first-order valence-corrected chi connectivity index (χ1v) is 8.93. The molecule has 0 bridgehead atoms. The molecule has 0 radical (unpaired) electrons. The van der Waals surface area contributed by atoms with Crippen LogP contribution in [0.2, 0.25) is 0 Å². The largest absolute Gasteiger partial charge is 0.496 e. The van der Waals surface area contributed by atoms with Crippen molar-refractivity contribution in [2.75, 3.05) is 26.0 Å². The average Bonchev–Trinajstić information content (AvgIpc) is 2.95. The van der Waals surface area contributed by atoms with Crippen molar-refractivity contribution in [3.05, 3.63) is 28.2 Å². The second-order valence-electron chi connectivity index (χ2n) is 6.05. The first-order chi connectivity index (χ1) is 11.9. The summed E-state index contributed by atoms with van der Waals surface area (Å²) in [6, 6.07) is 1.14. The number of rotatable bonds is 3. The molecule has 2 fully saturated rings. The SMILES string of the molecule is COc1cc(=O)n(C)cc1C(=O)N1CCC(N2C(=O)CSC2=O)CC1. The summed E-state index contributed by atoms with van der Waals surface area (Å²) < 4.78 is 6.50. The summed E-state index contributed by atoms with van der Waals surface area (Å²) in [6.45, 7) is 0.883. The van der Waals surface area contributed by atoms with Gasteiger partial charge in [-0.2, -0.15) is 0 Å². The van der Waals surface area contributed by atoms with E-state index in [1.165, 1.54) is 28.8 Å². The van der Waals surface area contributed by atoms with Gasteiger partial charge in [-0.25, -0.2) is 0 Å². The number of carbonyl (C=O) groups is 3. The van der Waals surface area contributed by atoms with Gasteiger partial charge in [-0.15, -0.1) is 0 Å². The molecule has 0 atom stereocenters. The number of nitrogens with zero attached hydrogens (tertiary/aromatic N) is 3. The molecule has 134 valence electrons. The molecule has 2 aliphatic rings. The molecule has 3 amide bonds. The number of methoxy groups -OCH3 is 1. The zero-order valence-electron chi connectivity index (χ0n) is 14.1. The highest BCUT2D eigenvalue weighted by Gasteiger charge is 2.38. The molecule has 2 saturated heterocycles. The van der Waals surface area contributed by atoms with Gasteiger partial charge in [0.05, 0.1) is 18.4 Å². The van der Waals surface area contributed by atoms with E-state index in [1.54, 1.807) is 11.9 Å². The van der Waals surface area contributed by atoms with E-state index in [1.807, 2.05) is 0 Å². The van der Waals surface area contributed by atoms with Crippen molar-refractivity contribution in [3.63, 3.8) is 0 Å². The van der Waals surface area contributed by atoms with E-state index in [0.717, 1.165) is 11.8 Å². The van der Waals surface area contributed by atoms with Crippen LogP contribution in [0.5, 0.6) is 5.75 Å². The first-order valence-electron chi connectivity index (χ1n) is 7.95. The summed E-state index contributed by atoms with van der Waals surface area (Å²) in [5.41, 5.74) is 0.0718. The van der Waals surface area contributed by atoms with Gasteiger partial charge in [0.2, 0.25) is 5.91 Å². The first kappa shape index (κ1) is 17.5. The second-order valence-corrected chi connectivity index (χ2v) is 6.97. The van der Waals surface area contributed by atoms with Crippen LogP contribution in [0.4, 0.5) is 4.79 Å². The Balaban J connectivity index is 1.72. The summed E-state index contributed by atoms with van der Waals surface area (Å²) >= 11 is 1.03. The number of imide groups is 1. The molecule has 0 spiro atoms. The Morgan fingerprint density at radius 2 is 1.92 bits per heavy atom. The molecule has 0 aromatic carbocycles. The molecule has 8 nitrogen and oxygen atoms in total. The van der Waals surface area contributed by atoms with Crippen molar-refractivity contribution in [1.29, 1.82) is 0 Å². The zero-order valence-corrected chi connectivity index (χ0v) is 14.9. The number of pyridine rings is 1. The van der Waals surface area contributed by atoms with E-state index in [4.69, 9.17) is 4.74 Å². The maximum absolute atomic E-state index is 12.8. The van der Waals surface area contributed by atoms with E-state index < -0.39 is 0 Å². The molecular weight excluding hydrogens is 346 g/mol. The number of hydrogen-bond acceptors (Lipinski definition) is 6. The Labute approximate surface area is 148 Å². The normalized spacial score (nSPS) is 18.8. The van der Waals surface area contributed by atoms with Crippen LogP contribution in [0.3, 0.4) is 0 Å². The number of aryl methyl sites for hydroxylation is 1. The predicted molar refractivity (Wildman–Crippen MR) is 91.9 cm³/mol. The molecule has 1 aromatic heterocycles. The standard InChI is InChI=1S/C16H19N3O5S/c1-17-8-11(12(24-2)7-13(17)20)15(22)18-5-3-10(4-6-18)19-14(21)9-25-16(19)23/h7-8,10H,3-6,9H2,1-2H3. The van der Waals surface area contributed by atoms with Crippen LogP contribution < -0.4 is 10.3 Å². The van der Waals surface area contributed by atoms with Crippen molar-refractivity contribution in [2.45, 2.75) is 18.9 Å². The van der Waals surface area contributed by atoms with Crippen LogP contribution in [0.1, 0.15) is 23.2 Å². The predicted octanol–water partition coefficient (Wildman–Crippen LogP) is 0.694. The Morgan fingerprint density at radius 3 is 2.48 bits per heavy atom. The molecule has 9 heteroatoms. The summed E-state index contributed by atoms with van der Waals surface area (Å²) in [5, 5.41) is -0.200. The Morgan fingerprint density at radius 1 is 1.24 bits per heavy atom. The van der Waals surface area contributed by atoms with Gasteiger partial charge in [-0.3, -0.25) is 24.1 Å². The Hall–Kier alpha value is -2.29. The fraction of sp³-hybridized carbons (Fsp3) is 0.500. The molecule has 0 N–H and O–H groups in total. The lowest BCUT2D eigenvalue weighted by Crippen LogP contribution is -2.48. The highest BCUT2D eigenvalue weighted by atomic mass is 32.2. The number of hydrogen-bond donors (Lipinski definition) is 0. The van der Waals surface area contributed by atoms with E-state index in [2.05, 4.69) is 0 Å². The summed E-state index contributed by atoms with van der Waals surface area (Å²) in [7, 11) is 2.99. The monoisotopic (exact) mass is 365 g/mol. The van der Waals surface area contributed by atoms with Crippen LogP contribution in [0, 0.1) is 0 Å². The minimum Gasteiger partial charge on any atom is -0.496 e. The minimum absolute atomic E-state index is 0.152. The second kappa shape index (κ2) is 6.91. The van der Waals surface area contributed by atoms with Crippen LogP contribution >= 0.6 is 11.8 Å². The summed E-state index contributed by atoms with van der Waals surface area (Å²) in [5.74, 6) is 0.0723. The van der Waals surface area contributed by atoms with Gasteiger partial charge in [-0.05, 0) is 12.8 Å². The van der Waals surface area contributed by atoms with Gasteiger partial charge in [0.15, 0.2) is 0 Å². The van der Waals surface area contributed by atoms with Crippen molar-refractivity contribution in [3.8, 4) is 5.75 Å². The van der Waals surface area contributed by atoms with Crippen LogP contribution in [-0.4, -0.2) is 63.4 Å². The number of likely N-dealkylation sites (tertiary alicyclic amines) is 1. The highest BCUT2D eigenvalue weighted by Crippen LogP contribution is 2.27. The van der Waals surface area contributed by atoms with Crippen LogP contribution in [-0.2, 0) is 11.8 Å². The third-order valence-electron chi connectivity index (χ3n) is 4.54. The van der Waals surface area contributed by atoms with Gasteiger partial charge in [0.1, 0.15) is 5.75 Å². The number of aromatic nitrogens is 1. The fourth-order valence-electron chi connectivity index (χ4n) is 3.16. The van der Waals surface area contributed by atoms with Crippen LogP contribution in [0.25, 0.3) is 0 Å². The smallest absolute Gasteiger partial charge is 0.289 e. The van der Waals surface area contributed by atoms with E-state index in [-0.39, 0.29) is 40.2 Å². The number of amides is 3. The van der Waals surface area contributed by atoms with E-state index >= 15 is 0 Å². The molecule has 25 heavy (non-hydrogen) atoms. The minimum atomic E-state index is -0.254. The van der Waals surface area contributed by atoms with Crippen molar-refractivity contribution in [1.82, 2.24) is 14.4 Å². The van der Waals surface area contributed by atoms with Gasteiger partial charge >= 0.3 is 0 Å². The average molecular weight is 365 g/mol. The maximum Gasteiger partial charge on any atom is 0.289 e. The van der Waals surface area contributed by atoms with Crippen molar-refractivity contribution >= 4 is 28.8 Å². The quantitative estimate of drug-likeness (QED) is 0.783. The maximum atomic E-state index is 12.8. The molecule has 3 heterocycles. The number of ether oxygens (including phenoxy) is 1. The number of thioether (sulfide) groups is 1. The third kappa shape index (κ3) is 3.28. The van der Waals surface area contributed by atoms with Crippen LogP contribution in [0.15, 0.2) is 17.1 Å². The lowest BCUT2D eigenvalue weighted by molar-refractivity contribution is -0.126. The molecule has 0 unspecified atom stereocenters. The van der Waals surface area contributed by atoms with Gasteiger partial charge < -0.3 is 14.2 Å². The topological polar surface area (TPSA) is 88.9 Å². The molecule has 0 saturated carbocycles. The fourth-order valence-corrected chi connectivity index (χ4v) is 3.93. The molecular formula is C16H19N3O5S. The highest BCUT2D eigenvalue weighted by molar-refractivity contribution is 8.14. The van der Waals surface area contributed by atoms with Gasteiger partial charge in [0, 0.05) is 38.4 Å². The summed E-state index contributed by atoms with van der Waals surface area (Å²) in [4.78, 5) is 51.1. The number of carbonyl (C=O) groups excluding carboxylic acids is 3. The Bertz CT molecular complexity index is 766. The summed E-state index contributed by atoms with van der Waals surface area (Å²) in [6.07, 6.45) is 2.58. The van der Waals surface area contributed by atoms with E-state index in [0.29, 0.717) is 31.5 Å². The lowest BCUT2D eigenvalue weighted by atomic mass is 10.0. The van der Waals surface area contributed by atoms with Gasteiger partial charge in [0.25, 0.3) is 16.7 Å². The Kier molecular flexibility index (Phi) is 4.85. The molecule has 1 aromatic rings. The molecule has 0 aliphatic carbocycles. The third-order valence-corrected chi connectivity index (χ3v) is 5.38. The zero-order chi connectivity index (χ0) is 18.1. The van der Waals surface area contributed by atoms with Gasteiger partial charge in [-0.1, -0.05) is 11.8 Å². The number of piperidine rings is 1. The van der Waals surface area contributed by atoms with Crippen molar-refractivity contribution in [2.24, 2.45) is 7.05 Å². The molecule has 2 aliphatic heterocycles. The molecule has 3 rings (SSSR count). The van der Waals surface area contributed by atoms with Crippen molar-refractivity contribution < 1.29 is 19.1 Å².